The number of Topliss-reactive ketones (excluding diaryl/α,β-unsaturated/α-hetero) is 1. The van der Waals surface area contributed by atoms with E-state index in [1.54, 1.807) is 0 Å². The van der Waals surface area contributed by atoms with Crippen LogP contribution in [0.5, 0.6) is 0 Å². The van der Waals surface area contributed by atoms with Crippen LogP contribution in [0.2, 0.25) is 6.32 Å². The molecule has 0 rings (SSSR count). The van der Waals surface area contributed by atoms with Crippen LogP contribution in [0, 0.1) is 0 Å². The van der Waals surface area contributed by atoms with Gasteiger partial charge in [-0.3, -0.25) is 4.79 Å². The van der Waals surface area contributed by atoms with Crippen LogP contribution in [-0.4, -0.2) is 26.2 Å². The molecule has 56 valence electrons. The fraction of sp³-hybridized carbons (Fsp3) is 0.857. The molecule has 1 unspecified atom stereocenters. The molecule has 2 nitrogen and oxygen atoms in total. The molecule has 0 aromatic rings. The van der Waals surface area contributed by atoms with E-state index in [0.717, 1.165) is 0 Å². The summed E-state index contributed by atoms with van der Waals surface area (Å²) in [6, 6.07) is -0.0338. The molecule has 0 amide bonds. The van der Waals surface area contributed by atoms with E-state index in [4.69, 9.17) is 7.85 Å². The topological polar surface area (TPSA) is 29.1 Å². The largest absolute Gasteiger partial charge is 0.308 e. The SMILES string of the molecule is [B]CCNC(C)C(=O)CC. The Labute approximate surface area is 63.8 Å². The number of carbonyl (C=O) groups is 1. The molecule has 0 aliphatic carbocycles. The molecule has 0 fully saturated rings. The first kappa shape index (κ1) is 9.69. The van der Waals surface area contributed by atoms with Crippen LogP contribution in [0.25, 0.3) is 0 Å². The van der Waals surface area contributed by atoms with Crippen molar-refractivity contribution in [3.8, 4) is 0 Å². The third kappa shape index (κ3) is 3.67. The van der Waals surface area contributed by atoms with Crippen molar-refractivity contribution in [2.24, 2.45) is 0 Å². The second-order valence-electron chi connectivity index (χ2n) is 2.28. The number of rotatable bonds is 5. The molecule has 10 heavy (non-hydrogen) atoms. The minimum absolute atomic E-state index is 0.0338. The Balaban J connectivity index is 3.41. The van der Waals surface area contributed by atoms with Gasteiger partial charge in [0.15, 0.2) is 0 Å². The maximum atomic E-state index is 10.9. The molecule has 3 heteroatoms. The third-order valence-electron chi connectivity index (χ3n) is 1.43. The van der Waals surface area contributed by atoms with Crippen molar-refractivity contribution >= 4 is 13.6 Å². The highest BCUT2D eigenvalue weighted by atomic mass is 16.1. The van der Waals surface area contributed by atoms with Gasteiger partial charge < -0.3 is 5.32 Å². The Bertz CT molecular complexity index is 106. The van der Waals surface area contributed by atoms with Crippen molar-refractivity contribution in [3.63, 3.8) is 0 Å². The second-order valence-corrected chi connectivity index (χ2v) is 2.28. The van der Waals surface area contributed by atoms with Gasteiger partial charge in [0.1, 0.15) is 5.78 Å². The maximum absolute atomic E-state index is 10.9. The fourth-order valence-electron chi connectivity index (χ4n) is 0.720. The van der Waals surface area contributed by atoms with E-state index < -0.39 is 0 Å². The minimum atomic E-state index is -0.0338. The van der Waals surface area contributed by atoms with Crippen molar-refractivity contribution in [2.75, 3.05) is 6.54 Å². The molecule has 1 atom stereocenters. The molecule has 0 aromatic carbocycles. The highest BCUT2D eigenvalue weighted by Crippen LogP contribution is 1.88. The lowest BCUT2D eigenvalue weighted by Gasteiger charge is -2.09. The fourth-order valence-corrected chi connectivity index (χ4v) is 0.720. The van der Waals surface area contributed by atoms with E-state index in [0.29, 0.717) is 19.3 Å². The zero-order valence-corrected chi connectivity index (χ0v) is 6.68. The summed E-state index contributed by atoms with van der Waals surface area (Å²) in [5, 5.41) is 3.01. The van der Waals surface area contributed by atoms with E-state index in [1.165, 1.54) is 0 Å². The van der Waals surface area contributed by atoms with Crippen LogP contribution >= 0.6 is 0 Å². The minimum Gasteiger partial charge on any atom is -0.308 e. The van der Waals surface area contributed by atoms with Gasteiger partial charge in [-0.15, -0.1) is 0 Å². The summed E-state index contributed by atoms with van der Waals surface area (Å²) in [4.78, 5) is 10.9. The normalized spacial score (nSPS) is 13.0. The first-order chi connectivity index (χ1) is 4.72. The molecule has 0 spiro atoms. The molecular weight excluding hydrogens is 125 g/mol. The lowest BCUT2D eigenvalue weighted by atomic mass is 10.0. The summed E-state index contributed by atoms with van der Waals surface area (Å²) in [7, 11) is 5.24. The van der Waals surface area contributed by atoms with Gasteiger partial charge >= 0.3 is 0 Å². The van der Waals surface area contributed by atoms with E-state index in [-0.39, 0.29) is 11.8 Å². The Morgan fingerprint density at radius 1 is 1.70 bits per heavy atom. The van der Waals surface area contributed by atoms with Gasteiger partial charge in [-0.05, 0) is 13.5 Å². The second kappa shape index (κ2) is 5.48. The van der Waals surface area contributed by atoms with Gasteiger partial charge in [0.25, 0.3) is 0 Å². The molecule has 1 N–H and O–H groups in total. The molecule has 0 saturated heterocycles. The molecule has 0 saturated carbocycles. The van der Waals surface area contributed by atoms with Crippen LogP contribution < -0.4 is 5.32 Å². The standard InChI is InChI=1S/C7H14BNO/c1-3-7(10)6(2)9-5-4-8/h6,9H,3-5H2,1-2H3. The zero-order valence-electron chi connectivity index (χ0n) is 6.68. The summed E-state index contributed by atoms with van der Waals surface area (Å²) in [5.74, 6) is 0.244. The summed E-state index contributed by atoms with van der Waals surface area (Å²) < 4.78 is 0. The van der Waals surface area contributed by atoms with Crippen LogP contribution in [0.4, 0.5) is 0 Å². The van der Waals surface area contributed by atoms with Crippen LogP contribution in [0.1, 0.15) is 20.3 Å². The summed E-state index contributed by atoms with van der Waals surface area (Å²) in [6.45, 7) is 4.44. The summed E-state index contributed by atoms with van der Waals surface area (Å²) >= 11 is 0. The van der Waals surface area contributed by atoms with Gasteiger partial charge in [0.05, 0.1) is 13.9 Å². The van der Waals surface area contributed by atoms with Gasteiger partial charge in [-0.2, -0.15) is 0 Å². The highest BCUT2D eigenvalue weighted by molar-refractivity contribution is 6.08. The monoisotopic (exact) mass is 139 g/mol. The number of hydrogen-bond acceptors (Lipinski definition) is 2. The van der Waals surface area contributed by atoms with E-state index in [2.05, 4.69) is 5.32 Å². The van der Waals surface area contributed by atoms with Crippen molar-refractivity contribution in [3.05, 3.63) is 0 Å². The highest BCUT2D eigenvalue weighted by Gasteiger charge is 2.07. The molecule has 0 aliphatic rings. The van der Waals surface area contributed by atoms with Crippen molar-refractivity contribution in [2.45, 2.75) is 32.6 Å². The average Bonchev–Trinajstić information content (AvgIpc) is 1.98. The van der Waals surface area contributed by atoms with E-state index in [9.17, 15) is 4.79 Å². The Morgan fingerprint density at radius 3 is 2.70 bits per heavy atom. The summed E-state index contributed by atoms with van der Waals surface area (Å²) in [6.07, 6.45) is 1.18. The smallest absolute Gasteiger partial charge is 0.149 e. The van der Waals surface area contributed by atoms with Crippen molar-refractivity contribution < 1.29 is 4.79 Å². The molecule has 0 heterocycles. The van der Waals surface area contributed by atoms with Crippen LogP contribution in [0.15, 0.2) is 0 Å². The van der Waals surface area contributed by atoms with E-state index in [1.807, 2.05) is 13.8 Å². The van der Waals surface area contributed by atoms with Crippen molar-refractivity contribution in [1.29, 1.82) is 0 Å². The molecule has 0 bridgehead atoms. The molecule has 2 radical (unpaired) electrons. The first-order valence-electron chi connectivity index (χ1n) is 3.68. The van der Waals surface area contributed by atoms with E-state index >= 15 is 0 Å². The van der Waals surface area contributed by atoms with Crippen LogP contribution in [0.3, 0.4) is 0 Å². The average molecular weight is 139 g/mol. The number of ketones is 1. The number of carbonyl (C=O) groups excluding carboxylic acids is 1. The lowest BCUT2D eigenvalue weighted by Crippen LogP contribution is -2.33. The number of nitrogens with one attached hydrogen (secondary N) is 1. The lowest BCUT2D eigenvalue weighted by molar-refractivity contribution is -0.120. The van der Waals surface area contributed by atoms with Gasteiger partial charge in [-0.1, -0.05) is 13.2 Å². The third-order valence-corrected chi connectivity index (χ3v) is 1.43. The van der Waals surface area contributed by atoms with Gasteiger partial charge in [0.2, 0.25) is 0 Å². The van der Waals surface area contributed by atoms with Gasteiger partial charge in [0, 0.05) is 6.42 Å². The molecular formula is C7H14BNO. The predicted octanol–water partition coefficient (Wildman–Crippen LogP) is 0.530. The van der Waals surface area contributed by atoms with Crippen molar-refractivity contribution in [1.82, 2.24) is 5.32 Å². The Kier molecular flexibility index (Phi) is 5.31. The zero-order chi connectivity index (χ0) is 7.98. The predicted molar refractivity (Wildman–Crippen MR) is 43.3 cm³/mol. The first-order valence-corrected chi connectivity index (χ1v) is 3.68. The molecule has 0 aliphatic heterocycles. The maximum Gasteiger partial charge on any atom is 0.149 e. The van der Waals surface area contributed by atoms with Gasteiger partial charge in [-0.25, -0.2) is 0 Å². The Hall–Kier alpha value is -0.305. The number of hydrogen-bond donors (Lipinski definition) is 1. The quantitative estimate of drug-likeness (QED) is 0.563. The Morgan fingerprint density at radius 2 is 2.30 bits per heavy atom. The van der Waals surface area contributed by atoms with Crippen LogP contribution in [-0.2, 0) is 4.79 Å². The summed E-state index contributed by atoms with van der Waals surface area (Å²) in [5.41, 5.74) is 0. The molecule has 0 aromatic heterocycles.